The molecule has 1 saturated heterocycles. The zero-order chi connectivity index (χ0) is 16.0. The van der Waals surface area contributed by atoms with Crippen molar-refractivity contribution in [3.63, 3.8) is 0 Å². The quantitative estimate of drug-likeness (QED) is 0.783. The first-order valence-electron chi connectivity index (χ1n) is 8.56. The predicted octanol–water partition coefficient (Wildman–Crippen LogP) is 2.44. The molecular weight excluding hydrogens is 292 g/mol. The number of aryl methyl sites for hydroxylation is 1. The zero-order valence-electron chi connectivity index (χ0n) is 13.5. The van der Waals surface area contributed by atoms with E-state index in [1.165, 1.54) is 12.8 Å². The van der Waals surface area contributed by atoms with Gasteiger partial charge in [-0.05, 0) is 44.7 Å². The van der Waals surface area contributed by atoms with E-state index in [1.54, 1.807) is 0 Å². The Morgan fingerprint density at radius 3 is 2.74 bits per heavy atom. The average molecular weight is 314 g/mol. The summed E-state index contributed by atoms with van der Waals surface area (Å²) in [5.74, 6) is 0.595. The first-order chi connectivity index (χ1) is 11.1. The number of ether oxygens (including phenoxy) is 1. The molecule has 2 saturated carbocycles. The van der Waals surface area contributed by atoms with Crippen LogP contribution in [0.15, 0.2) is 12.1 Å². The van der Waals surface area contributed by atoms with Crippen LogP contribution in [0.4, 0.5) is 0 Å². The molecule has 5 heteroatoms. The monoisotopic (exact) mass is 314 g/mol. The molecule has 122 valence electrons. The molecule has 1 atom stereocenters. The zero-order valence-corrected chi connectivity index (χ0v) is 13.5. The molecule has 1 aromatic heterocycles. The number of hydrogen-bond acceptors (Lipinski definition) is 4. The van der Waals surface area contributed by atoms with Crippen LogP contribution in [0.3, 0.4) is 0 Å². The van der Waals surface area contributed by atoms with Crippen LogP contribution < -0.4 is 0 Å². The number of rotatable bonds is 5. The van der Waals surface area contributed by atoms with Crippen molar-refractivity contribution in [2.75, 3.05) is 13.2 Å². The van der Waals surface area contributed by atoms with Gasteiger partial charge in [0.1, 0.15) is 0 Å². The second-order valence-electron chi connectivity index (χ2n) is 7.09. The average Bonchev–Trinajstić information content (AvgIpc) is 3.43. The maximum absolute atomic E-state index is 12.3. The Morgan fingerprint density at radius 1 is 1.30 bits per heavy atom. The van der Waals surface area contributed by atoms with E-state index in [0.717, 1.165) is 30.8 Å². The van der Waals surface area contributed by atoms with Gasteiger partial charge in [0.05, 0.1) is 17.9 Å². The van der Waals surface area contributed by atoms with Crippen molar-refractivity contribution in [1.29, 1.82) is 0 Å². The topological polar surface area (TPSA) is 59.5 Å². The van der Waals surface area contributed by atoms with Gasteiger partial charge in [-0.2, -0.15) is 0 Å². The van der Waals surface area contributed by atoms with E-state index in [2.05, 4.69) is 4.98 Å². The predicted molar refractivity (Wildman–Crippen MR) is 84.1 cm³/mol. The highest BCUT2D eigenvalue weighted by atomic mass is 16.5. The Balaban J connectivity index is 1.34. The number of hydrogen-bond donors (Lipinski definition) is 0. The van der Waals surface area contributed by atoms with E-state index < -0.39 is 0 Å². The lowest BCUT2D eigenvalue weighted by Crippen LogP contribution is -2.28. The lowest BCUT2D eigenvalue weighted by Gasteiger charge is -2.15. The normalized spacial score (nSPS) is 24.1. The lowest BCUT2D eigenvalue weighted by atomic mass is 10.1. The molecule has 3 aliphatic rings. The van der Waals surface area contributed by atoms with Gasteiger partial charge in [0, 0.05) is 36.5 Å². The Hall–Kier alpha value is -1.91. The first kappa shape index (κ1) is 14.7. The van der Waals surface area contributed by atoms with Crippen molar-refractivity contribution in [3.8, 4) is 0 Å². The van der Waals surface area contributed by atoms with Crippen LogP contribution in [-0.4, -0.2) is 41.0 Å². The number of pyridine rings is 1. The van der Waals surface area contributed by atoms with Gasteiger partial charge in [-0.25, -0.2) is 4.79 Å². The van der Waals surface area contributed by atoms with Gasteiger partial charge < -0.3 is 9.64 Å². The fourth-order valence-corrected chi connectivity index (χ4v) is 3.33. The van der Waals surface area contributed by atoms with Crippen LogP contribution in [0.25, 0.3) is 0 Å². The van der Waals surface area contributed by atoms with Crippen molar-refractivity contribution in [1.82, 2.24) is 9.88 Å². The molecule has 2 heterocycles. The third-order valence-electron chi connectivity index (χ3n) is 5.00. The minimum atomic E-state index is -0.324. The Morgan fingerprint density at radius 2 is 2.09 bits per heavy atom. The van der Waals surface area contributed by atoms with Gasteiger partial charge in [0.2, 0.25) is 5.91 Å². The van der Waals surface area contributed by atoms with Crippen molar-refractivity contribution < 1.29 is 14.3 Å². The van der Waals surface area contributed by atoms with Crippen molar-refractivity contribution >= 4 is 11.9 Å². The molecule has 1 amide bonds. The highest BCUT2D eigenvalue weighted by Crippen LogP contribution is 2.39. The summed E-state index contributed by atoms with van der Waals surface area (Å²) in [4.78, 5) is 30.7. The van der Waals surface area contributed by atoms with Gasteiger partial charge >= 0.3 is 5.97 Å². The first-order valence-corrected chi connectivity index (χ1v) is 8.56. The van der Waals surface area contributed by atoms with Gasteiger partial charge in [-0.15, -0.1) is 0 Å². The molecule has 0 N–H and O–H groups in total. The Labute approximate surface area is 136 Å². The summed E-state index contributed by atoms with van der Waals surface area (Å²) in [7, 11) is 0. The largest absolute Gasteiger partial charge is 0.462 e. The summed E-state index contributed by atoms with van der Waals surface area (Å²) in [6.07, 6.45) is 5.14. The molecule has 0 spiro atoms. The minimum absolute atomic E-state index is 0.131. The second kappa shape index (κ2) is 5.62. The van der Waals surface area contributed by atoms with Crippen LogP contribution in [0.1, 0.15) is 59.8 Å². The van der Waals surface area contributed by atoms with Crippen LogP contribution in [0.2, 0.25) is 0 Å². The molecule has 1 aromatic rings. The summed E-state index contributed by atoms with van der Waals surface area (Å²) in [5.41, 5.74) is 2.36. The molecule has 1 unspecified atom stereocenters. The highest BCUT2D eigenvalue weighted by Gasteiger charge is 2.39. The standard InChI is InChI=1S/C18H22N2O3/c1-11-15(6-7-16(19-11)13-2-3-13)18(22)23-10-12-8-17(21)20(9-12)14-4-5-14/h6-7,12-14H,2-5,8-10H2,1H3. The van der Waals surface area contributed by atoms with Crippen molar-refractivity contribution in [2.24, 2.45) is 5.92 Å². The van der Waals surface area contributed by atoms with Gasteiger partial charge in [0.25, 0.3) is 0 Å². The SMILES string of the molecule is Cc1nc(C2CC2)ccc1C(=O)OCC1CC(=O)N(C2CC2)C1. The van der Waals surface area contributed by atoms with E-state index in [1.807, 2.05) is 24.0 Å². The molecule has 0 aromatic carbocycles. The molecule has 4 rings (SSSR count). The number of likely N-dealkylation sites (tertiary alicyclic amines) is 1. The van der Waals surface area contributed by atoms with E-state index in [9.17, 15) is 9.59 Å². The fourth-order valence-electron chi connectivity index (χ4n) is 3.33. The van der Waals surface area contributed by atoms with E-state index in [-0.39, 0.29) is 17.8 Å². The molecule has 2 aliphatic carbocycles. The summed E-state index contributed by atoms with van der Waals surface area (Å²) >= 11 is 0. The van der Waals surface area contributed by atoms with Crippen LogP contribution >= 0.6 is 0 Å². The second-order valence-corrected chi connectivity index (χ2v) is 7.09. The van der Waals surface area contributed by atoms with Gasteiger partial charge in [-0.1, -0.05) is 0 Å². The van der Waals surface area contributed by atoms with Gasteiger partial charge in [0.15, 0.2) is 0 Å². The number of esters is 1. The summed E-state index contributed by atoms with van der Waals surface area (Å²) < 4.78 is 5.45. The molecule has 5 nitrogen and oxygen atoms in total. The van der Waals surface area contributed by atoms with E-state index in [0.29, 0.717) is 30.6 Å². The molecule has 0 bridgehead atoms. The molecule has 1 aliphatic heterocycles. The van der Waals surface area contributed by atoms with Crippen molar-refractivity contribution in [3.05, 3.63) is 29.1 Å². The van der Waals surface area contributed by atoms with Crippen LogP contribution in [0, 0.1) is 12.8 Å². The van der Waals surface area contributed by atoms with Gasteiger partial charge in [-0.3, -0.25) is 9.78 Å². The molecular formula is C18H22N2O3. The molecule has 0 radical (unpaired) electrons. The van der Waals surface area contributed by atoms with Crippen LogP contribution in [0.5, 0.6) is 0 Å². The highest BCUT2D eigenvalue weighted by molar-refractivity contribution is 5.90. The summed E-state index contributed by atoms with van der Waals surface area (Å²) in [6, 6.07) is 4.22. The Bertz CT molecular complexity index is 650. The number of aromatic nitrogens is 1. The maximum Gasteiger partial charge on any atom is 0.339 e. The third kappa shape index (κ3) is 3.09. The number of carbonyl (C=O) groups excluding carboxylic acids is 2. The fraction of sp³-hybridized carbons (Fsp3) is 0.611. The van der Waals surface area contributed by atoms with Crippen LogP contribution in [-0.2, 0) is 9.53 Å². The smallest absolute Gasteiger partial charge is 0.339 e. The number of amides is 1. The molecule has 23 heavy (non-hydrogen) atoms. The summed E-state index contributed by atoms with van der Waals surface area (Å²) in [5, 5.41) is 0. The third-order valence-corrected chi connectivity index (χ3v) is 5.00. The number of carbonyl (C=O) groups is 2. The Kier molecular flexibility index (Phi) is 3.58. The summed E-state index contributed by atoms with van der Waals surface area (Å²) in [6.45, 7) is 2.91. The van der Waals surface area contributed by atoms with E-state index in [4.69, 9.17) is 4.74 Å². The van der Waals surface area contributed by atoms with E-state index >= 15 is 0 Å². The maximum atomic E-state index is 12.3. The minimum Gasteiger partial charge on any atom is -0.462 e. The number of nitrogens with zero attached hydrogens (tertiary/aromatic N) is 2. The lowest BCUT2D eigenvalue weighted by molar-refractivity contribution is -0.128. The van der Waals surface area contributed by atoms with Crippen molar-refractivity contribution in [2.45, 2.75) is 51.0 Å². The molecule has 3 fully saturated rings.